The number of aliphatic carboxylic acids is 1. The van der Waals surface area contributed by atoms with E-state index in [2.05, 4.69) is 52.5 Å². The number of nitrogens with one attached hydrogen (secondary N) is 2. The number of carboxylic acid groups (broad SMARTS) is 1. The largest absolute Gasteiger partial charge is 0.481 e. The van der Waals surface area contributed by atoms with Crippen molar-refractivity contribution >= 4 is 64.4 Å². The van der Waals surface area contributed by atoms with Crippen LogP contribution in [0.25, 0.3) is 22.3 Å². The van der Waals surface area contributed by atoms with Gasteiger partial charge in [0.05, 0.1) is 18.4 Å². The van der Waals surface area contributed by atoms with Gasteiger partial charge in [0.25, 0.3) is 0 Å². The predicted octanol–water partition coefficient (Wildman–Crippen LogP) is 0.439. The van der Waals surface area contributed by atoms with Crippen molar-refractivity contribution in [3.8, 4) is 0 Å². The molecular weight excluding hydrogens is 384 g/mol. The zero-order valence-electron chi connectivity index (χ0n) is 12.8. The highest BCUT2D eigenvalue weighted by Gasteiger charge is 2.13. The third-order valence-corrected chi connectivity index (χ3v) is 3.47. The first-order valence-electron chi connectivity index (χ1n) is 6.88. The van der Waals surface area contributed by atoms with Gasteiger partial charge in [0.15, 0.2) is 21.6 Å². The maximum absolute atomic E-state index is 10.6. The average Bonchev–Trinajstić information content (AvgIpc) is 3.13. The van der Waals surface area contributed by atoms with E-state index in [0.29, 0.717) is 27.5 Å². The Morgan fingerprint density at radius 2 is 1.81 bits per heavy atom. The lowest BCUT2D eigenvalue weighted by Gasteiger charge is -1.98. The summed E-state index contributed by atoms with van der Waals surface area (Å²) in [5.74, 6) is -0.847. The van der Waals surface area contributed by atoms with Crippen molar-refractivity contribution < 1.29 is 9.90 Å². The first-order valence-corrected chi connectivity index (χ1v) is 7.71. The molecule has 0 saturated carbocycles. The van der Waals surface area contributed by atoms with Crippen molar-refractivity contribution in [1.82, 2.24) is 39.9 Å². The van der Waals surface area contributed by atoms with Gasteiger partial charge in [0.1, 0.15) is 11.0 Å². The Morgan fingerprint density at radius 1 is 1.12 bits per heavy atom. The van der Waals surface area contributed by atoms with Crippen LogP contribution in [0.2, 0.25) is 5.15 Å². The van der Waals surface area contributed by atoms with Gasteiger partial charge in [-0.1, -0.05) is 11.6 Å². The minimum Gasteiger partial charge on any atom is -0.481 e. The highest BCUT2D eigenvalue weighted by molar-refractivity contribution is 7.80. The number of hydrogen-bond acceptors (Lipinski definition) is 10. The number of halogens is 1. The van der Waals surface area contributed by atoms with Crippen LogP contribution in [0.15, 0.2) is 11.5 Å². The van der Waals surface area contributed by atoms with Crippen LogP contribution in [0, 0.1) is 0 Å². The number of H-pyrrole nitrogens is 2. The van der Waals surface area contributed by atoms with E-state index >= 15 is 0 Å². The second kappa shape index (κ2) is 6.97. The predicted molar refractivity (Wildman–Crippen MR) is 95.8 cm³/mol. The van der Waals surface area contributed by atoms with Crippen molar-refractivity contribution in [3.63, 3.8) is 0 Å². The molecule has 4 aromatic rings. The van der Waals surface area contributed by atoms with Gasteiger partial charge in [0, 0.05) is 0 Å². The van der Waals surface area contributed by atoms with E-state index < -0.39 is 5.97 Å². The lowest BCUT2D eigenvalue weighted by atomic mass is 10.3. The van der Waals surface area contributed by atoms with E-state index in [4.69, 9.17) is 28.2 Å². The summed E-state index contributed by atoms with van der Waals surface area (Å²) in [6.45, 7) is 0. The number of fused-ring (bicyclic) bond motifs is 2. The summed E-state index contributed by atoms with van der Waals surface area (Å²) in [5, 5.41) is 9.28. The smallest absolute Gasteiger partial charge is 0.309 e. The van der Waals surface area contributed by atoms with Gasteiger partial charge in [-0.05, 0) is 0 Å². The fourth-order valence-electron chi connectivity index (χ4n) is 2.05. The first-order chi connectivity index (χ1) is 12.3. The second-order valence-electron chi connectivity index (χ2n) is 4.83. The Bertz CT molecular complexity index is 1110. The molecule has 134 valence electrons. The van der Waals surface area contributed by atoms with E-state index in [9.17, 15) is 4.79 Å². The van der Waals surface area contributed by atoms with Crippen LogP contribution >= 0.6 is 24.2 Å². The van der Waals surface area contributed by atoms with Crippen LogP contribution in [0.5, 0.6) is 0 Å². The first kappa shape index (κ1) is 17.6. The standard InChI is InChI=1S/C7H7N5O2S.C5H4ClN5/c8-6-9-2(1-3(13)14)4-5(11-6)12-7(15)10-4;6-3-2-4(9-1-8-2)11-5(7)10-3/h1H2,(H,13,14)(H4,8,9,10,11,12,15);1H,(H3,7,8,9,10,11). The monoisotopic (exact) mass is 394 g/mol. The van der Waals surface area contributed by atoms with Crippen molar-refractivity contribution in [2.24, 2.45) is 0 Å². The molecule has 14 heteroatoms. The number of carbonyl (C=O) groups is 1. The second-order valence-corrected chi connectivity index (χ2v) is 5.61. The topological polar surface area (TPSA) is 198 Å². The molecule has 0 aromatic carbocycles. The molecule has 0 aliphatic carbocycles. The highest BCUT2D eigenvalue weighted by atomic mass is 35.5. The normalized spacial score (nSPS) is 10.7. The average molecular weight is 395 g/mol. The molecule has 4 rings (SSSR count). The lowest BCUT2D eigenvalue weighted by molar-refractivity contribution is -0.136. The van der Waals surface area contributed by atoms with E-state index in [1.165, 1.54) is 6.33 Å². The Labute approximate surface area is 154 Å². The van der Waals surface area contributed by atoms with Gasteiger partial charge in [0.2, 0.25) is 11.9 Å². The molecule has 0 bridgehead atoms. The molecule has 12 nitrogen and oxygen atoms in total. The molecule has 26 heavy (non-hydrogen) atoms. The molecule has 0 atom stereocenters. The van der Waals surface area contributed by atoms with E-state index in [-0.39, 0.29) is 29.2 Å². The number of rotatable bonds is 2. The summed E-state index contributed by atoms with van der Waals surface area (Å²) in [6.07, 6.45) is 1.24. The molecule has 4 aromatic heterocycles. The molecule has 7 N–H and O–H groups in total. The van der Waals surface area contributed by atoms with Crippen LogP contribution in [-0.2, 0) is 11.2 Å². The van der Waals surface area contributed by atoms with Crippen molar-refractivity contribution in [1.29, 1.82) is 0 Å². The van der Waals surface area contributed by atoms with Crippen LogP contribution in [-0.4, -0.2) is 50.9 Å². The number of nitrogens with zero attached hydrogens (tertiary/aromatic N) is 6. The maximum Gasteiger partial charge on any atom is 0.309 e. The zero-order valence-corrected chi connectivity index (χ0v) is 14.5. The molecule has 0 saturated heterocycles. The zero-order chi connectivity index (χ0) is 18.8. The fraction of sp³-hybridized carbons (Fsp3) is 0.0833. The number of thiol groups is 1. The number of hydrogen-bond donors (Lipinski definition) is 6. The molecule has 0 radical (unpaired) electrons. The summed E-state index contributed by atoms with van der Waals surface area (Å²) in [4.78, 5) is 39.2. The van der Waals surface area contributed by atoms with Crippen molar-refractivity contribution in [2.75, 3.05) is 11.5 Å². The van der Waals surface area contributed by atoms with Crippen LogP contribution in [0.4, 0.5) is 11.9 Å². The summed E-state index contributed by atoms with van der Waals surface area (Å²) in [7, 11) is 0. The molecule has 0 spiro atoms. The van der Waals surface area contributed by atoms with E-state index in [1.54, 1.807) is 0 Å². The van der Waals surface area contributed by atoms with Crippen LogP contribution in [0.1, 0.15) is 5.69 Å². The molecule has 0 aliphatic heterocycles. The SMILES string of the molecule is Nc1nc(CC(=O)O)c2nc(S)[nH]c2n1.Nc1nc(Cl)c2nc[nH]c2n1. The fourth-order valence-corrected chi connectivity index (χ4v) is 2.48. The third-order valence-electron chi connectivity index (χ3n) is 2.99. The molecule has 0 aliphatic rings. The highest BCUT2D eigenvalue weighted by Crippen LogP contribution is 2.17. The van der Waals surface area contributed by atoms with Crippen molar-refractivity contribution in [2.45, 2.75) is 11.6 Å². The number of anilines is 2. The van der Waals surface area contributed by atoms with Crippen LogP contribution in [0.3, 0.4) is 0 Å². The van der Waals surface area contributed by atoms with Gasteiger partial charge < -0.3 is 26.5 Å². The van der Waals surface area contributed by atoms with Gasteiger partial charge in [-0.15, -0.1) is 12.6 Å². The van der Waals surface area contributed by atoms with E-state index in [1.807, 2.05) is 0 Å². The Morgan fingerprint density at radius 3 is 2.54 bits per heavy atom. The summed E-state index contributed by atoms with van der Waals surface area (Å²) in [6, 6.07) is 0. The Balaban J connectivity index is 0.000000158. The minimum absolute atomic E-state index is 0.00994. The quantitative estimate of drug-likeness (QED) is 0.205. The number of carboxylic acids is 1. The Hall–Kier alpha value is -3.19. The van der Waals surface area contributed by atoms with Gasteiger partial charge in [-0.2, -0.15) is 15.0 Å². The number of nitrogens with two attached hydrogens (primary N) is 2. The van der Waals surface area contributed by atoms with Crippen molar-refractivity contribution in [3.05, 3.63) is 17.2 Å². The lowest BCUT2D eigenvalue weighted by Crippen LogP contribution is -2.06. The number of nitrogen functional groups attached to an aromatic ring is 2. The summed E-state index contributed by atoms with van der Waals surface area (Å²) in [5.41, 5.74) is 12.9. The van der Waals surface area contributed by atoms with Gasteiger partial charge >= 0.3 is 5.97 Å². The Kier molecular flexibility index (Phi) is 4.73. The van der Waals surface area contributed by atoms with Crippen LogP contribution < -0.4 is 11.5 Å². The molecule has 0 fully saturated rings. The van der Waals surface area contributed by atoms with Gasteiger partial charge in [-0.3, -0.25) is 4.79 Å². The maximum atomic E-state index is 10.6. The molecule has 0 amide bonds. The number of aromatic amines is 2. The summed E-state index contributed by atoms with van der Waals surface area (Å²) >= 11 is 9.68. The third kappa shape index (κ3) is 3.73. The van der Waals surface area contributed by atoms with Gasteiger partial charge in [-0.25, -0.2) is 15.0 Å². The summed E-state index contributed by atoms with van der Waals surface area (Å²) < 4.78 is 0. The van der Waals surface area contributed by atoms with E-state index in [0.717, 1.165) is 0 Å². The minimum atomic E-state index is -1.00. The number of imidazole rings is 2. The number of aromatic nitrogens is 8. The molecule has 4 heterocycles. The molecule has 0 unspecified atom stereocenters. The molecular formula is C12H11ClN10O2S.